The van der Waals surface area contributed by atoms with Gasteiger partial charge in [-0.1, -0.05) is 5.16 Å². The van der Waals surface area contributed by atoms with E-state index in [0.29, 0.717) is 11.6 Å². The van der Waals surface area contributed by atoms with Gasteiger partial charge in [-0.05, 0) is 24.3 Å². The molecule has 0 saturated heterocycles. The third-order valence-electron chi connectivity index (χ3n) is 3.23. The molecule has 0 N–H and O–H groups in total. The van der Waals surface area contributed by atoms with Crippen molar-refractivity contribution in [3.8, 4) is 11.4 Å². The lowest BCUT2D eigenvalue weighted by molar-refractivity contribution is -0.384. The summed E-state index contributed by atoms with van der Waals surface area (Å²) in [6.45, 7) is -0.406. The van der Waals surface area contributed by atoms with Crippen molar-refractivity contribution in [2.45, 2.75) is 6.61 Å². The summed E-state index contributed by atoms with van der Waals surface area (Å²) in [5, 5.41) is 14.3. The van der Waals surface area contributed by atoms with Gasteiger partial charge in [-0.2, -0.15) is 4.98 Å². The van der Waals surface area contributed by atoms with Gasteiger partial charge >= 0.3 is 5.97 Å². The summed E-state index contributed by atoms with van der Waals surface area (Å²) >= 11 is 0. The Hall–Kier alpha value is -3.69. The molecule has 0 saturated carbocycles. The van der Waals surface area contributed by atoms with Crippen LogP contribution in [0.5, 0.6) is 0 Å². The number of rotatable bonds is 5. The van der Waals surface area contributed by atoms with Crippen LogP contribution in [0, 0.1) is 21.7 Å². The first kappa shape index (κ1) is 17.1. The maximum atomic E-state index is 13.1. The molecule has 3 rings (SSSR count). The lowest BCUT2D eigenvalue weighted by Crippen LogP contribution is -2.06. The van der Waals surface area contributed by atoms with E-state index in [1.54, 1.807) is 0 Å². The molecule has 132 valence electrons. The van der Waals surface area contributed by atoms with Crippen LogP contribution in [-0.4, -0.2) is 21.0 Å². The number of hydrogen-bond acceptors (Lipinski definition) is 7. The largest absolute Gasteiger partial charge is 0.452 e. The number of nitrogens with zero attached hydrogens (tertiary/aromatic N) is 3. The van der Waals surface area contributed by atoms with E-state index >= 15 is 0 Å². The molecular formula is C16H9F2N3O5. The Morgan fingerprint density at radius 1 is 1.15 bits per heavy atom. The second-order valence-corrected chi connectivity index (χ2v) is 5.05. The molecule has 0 fully saturated rings. The molecule has 8 nitrogen and oxygen atoms in total. The van der Waals surface area contributed by atoms with Crippen molar-refractivity contribution in [3.05, 3.63) is 75.7 Å². The van der Waals surface area contributed by atoms with E-state index in [1.807, 2.05) is 0 Å². The van der Waals surface area contributed by atoms with Crippen LogP contribution in [0.4, 0.5) is 14.5 Å². The van der Waals surface area contributed by atoms with Gasteiger partial charge in [0.05, 0.1) is 10.5 Å². The fourth-order valence-electron chi connectivity index (χ4n) is 2.05. The Kier molecular flexibility index (Phi) is 4.65. The van der Waals surface area contributed by atoms with Gasteiger partial charge in [0.15, 0.2) is 6.61 Å². The minimum atomic E-state index is -0.960. The third kappa shape index (κ3) is 3.86. The van der Waals surface area contributed by atoms with Gasteiger partial charge in [-0.25, -0.2) is 13.6 Å². The van der Waals surface area contributed by atoms with Crippen molar-refractivity contribution in [2.75, 3.05) is 0 Å². The van der Waals surface area contributed by atoms with Crippen LogP contribution in [-0.2, 0) is 11.3 Å². The number of carbonyl (C=O) groups excluding carboxylic acids is 1. The predicted molar refractivity (Wildman–Crippen MR) is 81.9 cm³/mol. The number of aromatic nitrogens is 2. The highest BCUT2D eigenvalue weighted by molar-refractivity contribution is 5.89. The lowest BCUT2D eigenvalue weighted by atomic mass is 10.2. The van der Waals surface area contributed by atoms with E-state index in [4.69, 9.17) is 9.26 Å². The summed E-state index contributed by atoms with van der Waals surface area (Å²) in [6, 6.07) is 7.74. The Labute approximate surface area is 144 Å². The Balaban J connectivity index is 1.66. The standard InChI is InChI=1S/C16H9F2N3O5/c17-11-5-10(6-12(18)7-11)16(22)25-8-14-19-15(20-26-14)9-1-3-13(4-2-9)21(23)24/h1-7H,8H2. The molecule has 0 aliphatic rings. The van der Waals surface area contributed by atoms with Gasteiger partial charge in [0.2, 0.25) is 5.82 Å². The summed E-state index contributed by atoms with van der Waals surface area (Å²) in [4.78, 5) is 25.9. The molecule has 0 atom stereocenters. The van der Waals surface area contributed by atoms with Crippen molar-refractivity contribution < 1.29 is 27.8 Å². The number of nitro benzene ring substituents is 1. The number of non-ortho nitro benzene ring substituents is 1. The first-order valence-electron chi connectivity index (χ1n) is 7.13. The summed E-state index contributed by atoms with van der Waals surface area (Å²) in [5.41, 5.74) is 0.0791. The Morgan fingerprint density at radius 2 is 1.81 bits per heavy atom. The highest BCUT2D eigenvalue weighted by Crippen LogP contribution is 2.20. The number of benzene rings is 2. The first-order chi connectivity index (χ1) is 12.4. The van der Waals surface area contributed by atoms with Gasteiger partial charge in [-0.3, -0.25) is 10.1 Å². The molecule has 1 heterocycles. The van der Waals surface area contributed by atoms with Gasteiger partial charge in [0.25, 0.3) is 11.6 Å². The fraction of sp³-hybridized carbons (Fsp3) is 0.0625. The second kappa shape index (κ2) is 7.05. The molecule has 2 aromatic carbocycles. The molecule has 0 aliphatic heterocycles. The second-order valence-electron chi connectivity index (χ2n) is 5.05. The minimum absolute atomic E-state index is 0.0522. The lowest BCUT2D eigenvalue weighted by Gasteiger charge is -2.02. The van der Waals surface area contributed by atoms with Crippen LogP contribution < -0.4 is 0 Å². The van der Waals surface area contributed by atoms with E-state index in [-0.39, 0.29) is 23.0 Å². The van der Waals surface area contributed by atoms with Crippen molar-refractivity contribution in [1.29, 1.82) is 0 Å². The monoisotopic (exact) mass is 361 g/mol. The molecule has 0 unspecified atom stereocenters. The van der Waals surface area contributed by atoms with Gasteiger partial charge in [0, 0.05) is 23.8 Å². The number of carbonyl (C=O) groups is 1. The summed E-state index contributed by atoms with van der Waals surface area (Å²) in [5.74, 6) is -2.68. The Bertz CT molecular complexity index is 952. The van der Waals surface area contributed by atoms with Gasteiger partial charge < -0.3 is 9.26 Å². The number of halogens is 2. The molecule has 26 heavy (non-hydrogen) atoms. The SMILES string of the molecule is O=C(OCc1nc(-c2ccc([N+](=O)[O-])cc2)no1)c1cc(F)cc(F)c1. The molecule has 0 aliphatic carbocycles. The highest BCUT2D eigenvalue weighted by atomic mass is 19.1. The molecule has 3 aromatic rings. The van der Waals surface area contributed by atoms with Crippen molar-refractivity contribution >= 4 is 11.7 Å². The number of ether oxygens (including phenoxy) is 1. The maximum Gasteiger partial charge on any atom is 0.338 e. The average Bonchev–Trinajstić information content (AvgIpc) is 3.08. The van der Waals surface area contributed by atoms with E-state index in [0.717, 1.165) is 12.1 Å². The maximum absolute atomic E-state index is 13.1. The smallest absolute Gasteiger partial charge is 0.338 e. The topological polar surface area (TPSA) is 108 Å². The van der Waals surface area contributed by atoms with Crippen molar-refractivity contribution in [2.24, 2.45) is 0 Å². The third-order valence-corrected chi connectivity index (χ3v) is 3.23. The normalized spacial score (nSPS) is 10.5. The van der Waals surface area contributed by atoms with Gasteiger partial charge in [-0.15, -0.1) is 0 Å². The van der Waals surface area contributed by atoms with Crippen LogP contribution >= 0.6 is 0 Å². The number of nitro groups is 1. The van der Waals surface area contributed by atoms with E-state index < -0.39 is 29.1 Å². The molecule has 0 bridgehead atoms. The molecule has 0 amide bonds. The quantitative estimate of drug-likeness (QED) is 0.390. The van der Waals surface area contributed by atoms with Gasteiger partial charge in [0.1, 0.15) is 11.6 Å². The molecule has 1 aromatic heterocycles. The minimum Gasteiger partial charge on any atom is -0.452 e. The average molecular weight is 361 g/mol. The molecule has 10 heteroatoms. The summed E-state index contributed by atoms with van der Waals surface area (Å²) in [7, 11) is 0. The molecule has 0 radical (unpaired) electrons. The van der Waals surface area contributed by atoms with Crippen molar-refractivity contribution in [3.63, 3.8) is 0 Å². The van der Waals surface area contributed by atoms with E-state index in [1.165, 1.54) is 24.3 Å². The highest BCUT2D eigenvalue weighted by Gasteiger charge is 2.15. The van der Waals surface area contributed by atoms with Crippen molar-refractivity contribution in [1.82, 2.24) is 10.1 Å². The van der Waals surface area contributed by atoms with Crippen LogP contribution in [0.2, 0.25) is 0 Å². The van der Waals surface area contributed by atoms with Crippen LogP contribution in [0.15, 0.2) is 47.0 Å². The fourth-order valence-corrected chi connectivity index (χ4v) is 2.05. The zero-order valence-corrected chi connectivity index (χ0v) is 12.9. The van der Waals surface area contributed by atoms with Crippen LogP contribution in [0.25, 0.3) is 11.4 Å². The van der Waals surface area contributed by atoms with E-state index in [9.17, 15) is 23.7 Å². The molecule has 0 spiro atoms. The summed E-state index contributed by atoms with van der Waals surface area (Å²) in [6.07, 6.45) is 0. The van der Waals surface area contributed by atoms with Crippen LogP contribution in [0.1, 0.15) is 16.2 Å². The molecular weight excluding hydrogens is 352 g/mol. The number of esters is 1. The Morgan fingerprint density at radius 3 is 2.42 bits per heavy atom. The van der Waals surface area contributed by atoms with Crippen LogP contribution in [0.3, 0.4) is 0 Å². The first-order valence-corrected chi connectivity index (χ1v) is 7.13. The van der Waals surface area contributed by atoms with E-state index in [2.05, 4.69) is 10.1 Å². The zero-order valence-electron chi connectivity index (χ0n) is 12.9. The zero-order chi connectivity index (χ0) is 18.7. The summed E-state index contributed by atoms with van der Waals surface area (Å²) < 4.78 is 36.0. The number of hydrogen-bond donors (Lipinski definition) is 0. The predicted octanol–water partition coefficient (Wildman–Crippen LogP) is 3.28.